The Morgan fingerprint density at radius 1 is 1.35 bits per heavy atom. The van der Waals surface area contributed by atoms with Crippen LogP contribution in [0, 0.1) is 6.92 Å². The van der Waals surface area contributed by atoms with Gasteiger partial charge in [-0.3, -0.25) is 0 Å². The van der Waals surface area contributed by atoms with Gasteiger partial charge in [-0.2, -0.15) is 0 Å². The highest BCUT2D eigenvalue weighted by atomic mass is 35.5. The van der Waals surface area contributed by atoms with E-state index in [0.717, 1.165) is 28.5 Å². The van der Waals surface area contributed by atoms with Crippen molar-refractivity contribution in [1.29, 1.82) is 0 Å². The lowest BCUT2D eigenvalue weighted by Crippen LogP contribution is -2.08. The van der Waals surface area contributed by atoms with Crippen molar-refractivity contribution in [2.75, 3.05) is 5.73 Å². The van der Waals surface area contributed by atoms with Gasteiger partial charge in [-0.15, -0.1) is 5.10 Å². The van der Waals surface area contributed by atoms with E-state index in [2.05, 4.69) is 15.5 Å². The van der Waals surface area contributed by atoms with Gasteiger partial charge in [0.2, 0.25) is 5.16 Å². The number of hydrogen-bond donors (Lipinski definition) is 1. The maximum absolute atomic E-state index is 6.10. The predicted octanol–water partition coefficient (Wildman–Crippen LogP) is 3.48. The summed E-state index contributed by atoms with van der Waals surface area (Å²) in [7, 11) is 0. The second-order valence-corrected chi connectivity index (χ2v) is 6.50. The van der Waals surface area contributed by atoms with Crippen LogP contribution in [0.1, 0.15) is 37.3 Å². The molecule has 20 heavy (non-hydrogen) atoms. The SMILES string of the molecule is Cc1cc(N)c(Cl)cc1Sc1nnnn1C1CCCC1. The summed E-state index contributed by atoms with van der Waals surface area (Å²) in [4.78, 5) is 1.04. The zero-order valence-electron chi connectivity index (χ0n) is 11.2. The molecule has 0 spiro atoms. The van der Waals surface area contributed by atoms with Gasteiger partial charge in [-0.25, -0.2) is 4.68 Å². The molecule has 0 bridgehead atoms. The molecule has 1 aliphatic carbocycles. The fraction of sp³-hybridized carbons (Fsp3) is 0.462. The van der Waals surface area contributed by atoms with Crippen LogP contribution in [0.4, 0.5) is 5.69 Å². The summed E-state index contributed by atoms with van der Waals surface area (Å²) in [5, 5.41) is 13.5. The van der Waals surface area contributed by atoms with Crippen LogP contribution in [0.3, 0.4) is 0 Å². The van der Waals surface area contributed by atoms with Crippen molar-refractivity contribution in [1.82, 2.24) is 20.2 Å². The summed E-state index contributed by atoms with van der Waals surface area (Å²) >= 11 is 7.64. The lowest BCUT2D eigenvalue weighted by atomic mass is 10.2. The first-order chi connectivity index (χ1) is 9.65. The van der Waals surface area contributed by atoms with Gasteiger partial charge in [0.1, 0.15) is 0 Å². The molecule has 1 aromatic heterocycles. The van der Waals surface area contributed by atoms with E-state index in [-0.39, 0.29) is 0 Å². The predicted molar refractivity (Wildman–Crippen MR) is 80.0 cm³/mol. The molecule has 1 fully saturated rings. The number of aromatic nitrogens is 4. The Morgan fingerprint density at radius 3 is 2.85 bits per heavy atom. The third kappa shape index (κ3) is 2.62. The molecule has 0 radical (unpaired) electrons. The summed E-state index contributed by atoms with van der Waals surface area (Å²) < 4.78 is 1.95. The number of anilines is 1. The van der Waals surface area contributed by atoms with Gasteiger partial charge in [0.15, 0.2) is 0 Å². The Morgan fingerprint density at radius 2 is 2.10 bits per heavy atom. The van der Waals surface area contributed by atoms with Crippen molar-refractivity contribution in [3.05, 3.63) is 22.7 Å². The molecule has 1 heterocycles. The first-order valence-electron chi connectivity index (χ1n) is 6.66. The molecule has 0 saturated heterocycles. The Bertz CT molecular complexity index is 621. The highest BCUT2D eigenvalue weighted by Crippen LogP contribution is 2.36. The molecule has 0 amide bonds. The summed E-state index contributed by atoms with van der Waals surface area (Å²) in [6.07, 6.45) is 4.81. The molecule has 1 aliphatic rings. The van der Waals surface area contributed by atoms with E-state index in [0.29, 0.717) is 16.8 Å². The van der Waals surface area contributed by atoms with Crippen LogP contribution in [0.15, 0.2) is 22.2 Å². The fourth-order valence-corrected chi connectivity index (χ4v) is 3.70. The minimum atomic E-state index is 0.428. The van der Waals surface area contributed by atoms with Crippen molar-refractivity contribution in [3.8, 4) is 0 Å². The van der Waals surface area contributed by atoms with Gasteiger partial charge in [-0.1, -0.05) is 24.4 Å². The number of halogens is 1. The van der Waals surface area contributed by atoms with E-state index in [9.17, 15) is 0 Å². The van der Waals surface area contributed by atoms with Crippen LogP contribution in [0.5, 0.6) is 0 Å². The van der Waals surface area contributed by atoms with Gasteiger partial charge >= 0.3 is 0 Å². The van der Waals surface area contributed by atoms with E-state index in [1.807, 2.05) is 23.7 Å². The molecule has 0 aliphatic heterocycles. The van der Waals surface area contributed by atoms with E-state index < -0.39 is 0 Å². The fourth-order valence-electron chi connectivity index (χ4n) is 2.52. The molecule has 7 heteroatoms. The van der Waals surface area contributed by atoms with Gasteiger partial charge < -0.3 is 5.73 Å². The number of rotatable bonds is 3. The van der Waals surface area contributed by atoms with Crippen LogP contribution in [0.2, 0.25) is 5.02 Å². The number of tetrazole rings is 1. The highest BCUT2D eigenvalue weighted by molar-refractivity contribution is 7.99. The van der Waals surface area contributed by atoms with Crippen LogP contribution < -0.4 is 5.73 Å². The molecule has 2 N–H and O–H groups in total. The molecule has 3 rings (SSSR count). The molecule has 5 nitrogen and oxygen atoms in total. The van der Waals surface area contributed by atoms with Crippen LogP contribution in [-0.2, 0) is 0 Å². The molecule has 1 saturated carbocycles. The second-order valence-electron chi connectivity index (χ2n) is 5.09. The Labute approximate surface area is 126 Å². The van der Waals surface area contributed by atoms with Gasteiger partial charge in [0.05, 0.1) is 16.8 Å². The van der Waals surface area contributed by atoms with Gasteiger partial charge in [0.25, 0.3) is 0 Å². The minimum Gasteiger partial charge on any atom is -0.398 e. The standard InChI is InChI=1S/C13H16ClN5S/c1-8-6-11(15)10(14)7-12(8)20-13-16-17-18-19(13)9-4-2-3-5-9/h6-7,9H,2-5,15H2,1H3. The Balaban J connectivity index is 1.88. The smallest absolute Gasteiger partial charge is 0.214 e. The topological polar surface area (TPSA) is 69.6 Å². The van der Waals surface area contributed by atoms with Crippen molar-refractivity contribution in [2.24, 2.45) is 0 Å². The number of benzene rings is 1. The van der Waals surface area contributed by atoms with E-state index in [4.69, 9.17) is 17.3 Å². The monoisotopic (exact) mass is 309 g/mol. The van der Waals surface area contributed by atoms with Crippen LogP contribution in [-0.4, -0.2) is 20.2 Å². The van der Waals surface area contributed by atoms with Gasteiger partial charge in [0, 0.05) is 4.90 Å². The van der Waals surface area contributed by atoms with Crippen molar-refractivity contribution in [3.63, 3.8) is 0 Å². The first kappa shape index (κ1) is 13.7. The number of hydrogen-bond acceptors (Lipinski definition) is 5. The van der Waals surface area contributed by atoms with Crippen LogP contribution in [0.25, 0.3) is 0 Å². The van der Waals surface area contributed by atoms with E-state index in [1.165, 1.54) is 12.8 Å². The summed E-state index contributed by atoms with van der Waals surface area (Å²) in [5.41, 5.74) is 7.49. The van der Waals surface area contributed by atoms with E-state index in [1.54, 1.807) is 11.8 Å². The minimum absolute atomic E-state index is 0.428. The van der Waals surface area contributed by atoms with Crippen molar-refractivity contribution < 1.29 is 0 Å². The summed E-state index contributed by atoms with van der Waals surface area (Å²) in [6.45, 7) is 2.01. The molecule has 1 aromatic carbocycles. The maximum atomic E-state index is 6.10. The average Bonchev–Trinajstić information content (AvgIpc) is 3.06. The molecular weight excluding hydrogens is 294 g/mol. The second kappa shape index (κ2) is 5.61. The molecular formula is C13H16ClN5S. The average molecular weight is 310 g/mol. The summed E-state index contributed by atoms with van der Waals surface area (Å²) in [6, 6.07) is 4.19. The van der Waals surface area contributed by atoms with E-state index >= 15 is 0 Å². The number of aryl methyl sites for hydroxylation is 1. The number of nitrogen functional groups attached to an aromatic ring is 1. The third-order valence-electron chi connectivity index (χ3n) is 3.63. The quantitative estimate of drug-likeness (QED) is 0.879. The zero-order chi connectivity index (χ0) is 14.1. The first-order valence-corrected chi connectivity index (χ1v) is 7.86. The molecule has 0 atom stereocenters. The maximum Gasteiger partial charge on any atom is 0.214 e. The molecule has 0 unspecified atom stereocenters. The lowest BCUT2D eigenvalue weighted by molar-refractivity contribution is 0.423. The summed E-state index contributed by atoms with van der Waals surface area (Å²) in [5.74, 6) is 0. The Hall–Kier alpha value is -1.27. The third-order valence-corrected chi connectivity index (χ3v) is 5.07. The number of nitrogens with zero attached hydrogens (tertiary/aromatic N) is 4. The lowest BCUT2D eigenvalue weighted by Gasteiger charge is -2.12. The number of nitrogens with two attached hydrogens (primary N) is 1. The van der Waals surface area contributed by atoms with Crippen LogP contribution >= 0.6 is 23.4 Å². The largest absolute Gasteiger partial charge is 0.398 e. The molecule has 106 valence electrons. The van der Waals surface area contributed by atoms with Gasteiger partial charge in [-0.05, 0) is 59.7 Å². The molecule has 2 aromatic rings. The normalized spacial score (nSPS) is 15.9. The highest BCUT2D eigenvalue weighted by Gasteiger charge is 2.22. The Kier molecular flexibility index (Phi) is 3.85. The van der Waals surface area contributed by atoms with Crippen molar-refractivity contribution in [2.45, 2.75) is 48.7 Å². The zero-order valence-corrected chi connectivity index (χ0v) is 12.8. The van der Waals surface area contributed by atoms with Crippen molar-refractivity contribution >= 4 is 29.1 Å².